The highest BCUT2D eigenvalue weighted by atomic mass is 16.5. The Hall–Kier alpha value is -3.48. The van der Waals surface area contributed by atoms with Gasteiger partial charge in [-0.1, -0.05) is 18.2 Å². The predicted molar refractivity (Wildman–Crippen MR) is 97.2 cm³/mol. The second kappa shape index (κ2) is 7.18. The molecule has 0 saturated heterocycles. The second-order valence-electron chi connectivity index (χ2n) is 5.70. The Labute approximate surface area is 149 Å². The first-order chi connectivity index (χ1) is 12.5. The zero-order valence-corrected chi connectivity index (χ0v) is 14.4. The number of rotatable bonds is 4. The Morgan fingerprint density at radius 1 is 1.15 bits per heavy atom. The Balaban J connectivity index is 1.86. The van der Waals surface area contributed by atoms with Crippen LogP contribution in [-0.4, -0.2) is 28.8 Å². The van der Waals surface area contributed by atoms with E-state index in [4.69, 9.17) is 4.74 Å². The van der Waals surface area contributed by atoms with Gasteiger partial charge in [-0.05, 0) is 36.8 Å². The third-order valence-electron chi connectivity index (χ3n) is 4.07. The van der Waals surface area contributed by atoms with E-state index in [1.165, 1.54) is 18.0 Å². The quantitative estimate of drug-likeness (QED) is 0.727. The molecule has 0 atom stereocenters. The maximum Gasteiger partial charge on any atom is 0.338 e. The van der Waals surface area contributed by atoms with Gasteiger partial charge in [-0.2, -0.15) is 5.10 Å². The van der Waals surface area contributed by atoms with Gasteiger partial charge in [0, 0.05) is 11.1 Å². The topological polar surface area (TPSA) is 90.3 Å². The zero-order valence-electron chi connectivity index (χ0n) is 14.4. The van der Waals surface area contributed by atoms with E-state index in [1.54, 1.807) is 49.4 Å². The van der Waals surface area contributed by atoms with E-state index < -0.39 is 5.97 Å². The van der Waals surface area contributed by atoms with E-state index in [1.807, 2.05) is 0 Å². The standard InChI is InChI=1S/C19H17N3O4/c1-12-13(19(25)26-2)7-5-8-15(12)21-18(24)11-22-16-9-4-3-6-14(16)17(23)10-20-22/h3-10H,11H2,1-2H3,(H,21,24). The fourth-order valence-corrected chi connectivity index (χ4v) is 2.71. The summed E-state index contributed by atoms with van der Waals surface area (Å²) in [5.74, 6) is -0.789. The third kappa shape index (κ3) is 3.32. The number of anilines is 1. The van der Waals surface area contributed by atoms with E-state index >= 15 is 0 Å². The molecule has 1 N–H and O–H groups in total. The van der Waals surface area contributed by atoms with Gasteiger partial charge in [0.15, 0.2) is 0 Å². The van der Waals surface area contributed by atoms with Crippen LogP contribution in [0.5, 0.6) is 0 Å². The van der Waals surface area contributed by atoms with Crippen molar-refractivity contribution in [3.63, 3.8) is 0 Å². The van der Waals surface area contributed by atoms with Crippen molar-refractivity contribution in [3.8, 4) is 0 Å². The normalized spacial score (nSPS) is 10.5. The number of carbonyl (C=O) groups excluding carboxylic acids is 2. The highest BCUT2D eigenvalue weighted by Gasteiger charge is 2.14. The Bertz CT molecular complexity index is 1060. The van der Waals surface area contributed by atoms with Crippen molar-refractivity contribution in [1.29, 1.82) is 0 Å². The molecule has 1 amide bonds. The van der Waals surface area contributed by atoms with Crippen molar-refractivity contribution >= 4 is 28.5 Å². The van der Waals surface area contributed by atoms with Crippen LogP contribution in [0.3, 0.4) is 0 Å². The predicted octanol–water partition coefficient (Wildman–Crippen LogP) is 2.13. The lowest BCUT2D eigenvalue weighted by molar-refractivity contribution is -0.116. The van der Waals surface area contributed by atoms with Gasteiger partial charge in [-0.25, -0.2) is 4.79 Å². The molecule has 0 unspecified atom stereocenters. The minimum absolute atomic E-state index is 0.0668. The van der Waals surface area contributed by atoms with Gasteiger partial charge in [0.1, 0.15) is 6.54 Å². The minimum atomic E-state index is -0.466. The summed E-state index contributed by atoms with van der Waals surface area (Å²) in [5.41, 5.74) is 1.90. The van der Waals surface area contributed by atoms with Gasteiger partial charge in [0.2, 0.25) is 11.3 Å². The average molecular weight is 351 g/mol. The largest absolute Gasteiger partial charge is 0.465 e. The molecule has 2 aromatic carbocycles. The van der Waals surface area contributed by atoms with Gasteiger partial charge in [-0.3, -0.25) is 14.3 Å². The number of para-hydroxylation sites is 1. The number of carbonyl (C=O) groups is 2. The highest BCUT2D eigenvalue weighted by molar-refractivity contribution is 5.97. The van der Waals surface area contributed by atoms with Gasteiger partial charge in [0.25, 0.3) is 0 Å². The fourth-order valence-electron chi connectivity index (χ4n) is 2.71. The van der Waals surface area contributed by atoms with Crippen LogP contribution in [0.2, 0.25) is 0 Å². The van der Waals surface area contributed by atoms with Crippen LogP contribution in [-0.2, 0) is 16.1 Å². The van der Waals surface area contributed by atoms with E-state index in [0.29, 0.717) is 27.7 Å². The van der Waals surface area contributed by atoms with Crippen molar-refractivity contribution in [2.75, 3.05) is 12.4 Å². The van der Waals surface area contributed by atoms with E-state index in [-0.39, 0.29) is 17.9 Å². The van der Waals surface area contributed by atoms with E-state index in [9.17, 15) is 14.4 Å². The van der Waals surface area contributed by atoms with Gasteiger partial charge in [-0.15, -0.1) is 0 Å². The number of benzene rings is 2. The van der Waals surface area contributed by atoms with E-state index in [0.717, 1.165) is 0 Å². The summed E-state index contributed by atoms with van der Waals surface area (Å²) in [6, 6.07) is 12.0. The zero-order chi connectivity index (χ0) is 18.7. The molecule has 3 rings (SSSR count). The molecular weight excluding hydrogens is 334 g/mol. The van der Waals surface area contributed by atoms with Crippen molar-refractivity contribution < 1.29 is 14.3 Å². The highest BCUT2D eigenvalue weighted by Crippen LogP contribution is 2.20. The maximum atomic E-state index is 12.4. The summed E-state index contributed by atoms with van der Waals surface area (Å²) in [6.07, 6.45) is 1.19. The Morgan fingerprint density at radius 3 is 2.69 bits per heavy atom. The van der Waals surface area contributed by atoms with Gasteiger partial charge >= 0.3 is 5.97 Å². The first-order valence-corrected chi connectivity index (χ1v) is 7.94. The van der Waals surface area contributed by atoms with Crippen molar-refractivity contribution in [3.05, 3.63) is 70.0 Å². The molecule has 0 aliphatic rings. The first kappa shape index (κ1) is 17.3. The first-order valence-electron chi connectivity index (χ1n) is 7.94. The lowest BCUT2D eigenvalue weighted by Gasteiger charge is -2.13. The molecule has 0 saturated carbocycles. The molecule has 0 bridgehead atoms. The number of hydrogen-bond donors (Lipinski definition) is 1. The SMILES string of the molecule is COC(=O)c1cccc(NC(=O)Cn2ncc(=O)c3ccccc32)c1C. The number of nitrogens with zero attached hydrogens (tertiary/aromatic N) is 2. The summed E-state index contributed by atoms with van der Waals surface area (Å²) in [6.45, 7) is 1.66. The maximum absolute atomic E-state index is 12.4. The number of aromatic nitrogens is 2. The number of hydrogen-bond acceptors (Lipinski definition) is 5. The Morgan fingerprint density at radius 2 is 1.92 bits per heavy atom. The molecule has 7 heteroatoms. The summed E-state index contributed by atoms with van der Waals surface area (Å²) >= 11 is 0. The van der Waals surface area contributed by atoms with Crippen molar-refractivity contribution in [1.82, 2.24) is 9.78 Å². The van der Waals surface area contributed by atoms with Crippen LogP contribution in [0.4, 0.5) is 5.69 Å². The van der Waals surface area contributed by atoms with Crippen LogP contribution in [0, 0.1) is 6.92 Å². The molecule has 0 aliphatic heterocycles. The summed E-state index contributed by atoms with van der Waals surface area (Å²) in [5, 5.41) is 7.31. The van der Waals surface area contributed by atoms with Crippen molar-refractivity contribution in [2.24, 2.45) is 0 Å². The smallest absolute Gasteiger partial charge is 0.338 e. The van der Waals surface area contributed by atoms with Crippen LogP contribution >= 0.6 is 0 Å². The second-order valence-corrected chi connectivity index (χ2v) is 5.70. The number of ether oxygens (including phenoxy) is 1. The van der Waals surface area contributed by atoms with Crippen LogP contribution in [0.25, 0.3) is 10.9 Å². The summed E-state index contributed by atoms with van der Waals surface area (Å²) < 4.78 is 6.20. The van der Waals surface area contributed by atoms with Crippen LogP contribution in [0.15, 0.2) is 53.5 Å². The molecule has 26 heavy (non-hydrogen) atoms. The Kier molecular flexibility index (Phi) is 4.79. The molecule has 0 radical (unpaired) electrons. The minimum Gasteiger partial charge on any atom is -0.465 e. The summed E-state index contributed by atoms with van der Waals surface area (Å²) in [7, 11) is 1.31. The van der Waals surface area contributed by atoms with Gasteiger partial charge < -0.3 is 10.1 Å². The van der Waals surface area contributed by atoms with Crippen molar-refractivity contribution in [2.45, 2.75) is 13.5 Å². The number of methoxy groups -OCH3 is 1. The van der Waals surface area contributed by atoms with Crippen LogP contribution in [0.1, 0.15) is 15.9 Å². The summed E-state index contributed by atoms with van der Waals surface area (Å²) in [4.78, 5) is 36.1. The molecule has 1 heterocycles. The molecule has 1 aromatic heterocycles. The van der Waals surface area contributed by atoms with Crippen LogP contribution < -0.4 is 10.7 Å². The number of nitrogens with one attached hydrogen (secondary N) is 1. The van der Waals surface area contributed by atoms with Gasteiger partial charge in [0.05, 0.1) is 24.4 Å². The molecular formula is C19H17N3O4. The monoisotopic (exact) mass is 351 g/mol. The lowest BCUT2D eigenvalue weighted by Crippen LogP contribution is -2.23. The lowest BCUT2D eigenvalue weighted by atomic mass is 10.1. The van der Waals surface area contributed by atoms with E-state index in [2.05, 4.69) is 10.4 Å². The molecule has 0 fully saturated rings. The molecule has 132 valence electrons. The average Bonchev–Trinajstić information content (AvgIpc) is 2.65. The molecule has 7 nitrogen and oxygen atoms in total. The third-order valence-corrected chi connectivity index (χ3v) is 4.07. The molecule has 0 spiro atoms. The molecule has 0 aliphatic carbocycles. The fraction of sp³-hybridized carbons (Fsp3) is 0.158. The number of amides is 1. The number of esters is 1. The number of fused-ring (bicyclic) bond motifs is 1. The molecule has 3 aromatic rings.